The van der Waals surface area contributed by atoms with Crippen LogP contribution in [0.2, 0.25) is 0 Å². The van der Waals surface area contributed by atoms with Crippen LogP contribution in [-0.2, 0) is 5.75 Å². The van der Waals surface area contributed by atoms with E-state index in [1.807, 2.05) is 39.0 Å². The monoisotopic (exact) mass is 372 g/mol. The minimum atomic E-state index is -0.590. The molecule has 0 saturated heterocycles. The molecule has 0 aliphatic carbocycles. The first kappa shape index (κ1) is 18.3. The summed E-state index contributed by atoms with van der Waals surface area (Å²) < 4.78 is 32.7. The molecule has 2 aromatic carbocycles. The van der Waals surface area contributed by atoms with Crippen LogP contribution in [0.5, 0.6) is 11.6 Å². The Kier molecular flexibility index (Phi) is 5.52. The molecular weight excluding hydrogens is 354 g/mol. The van der Waals surface area contributed by atoms with Crippen LogP contribution in [0.4, 0.5) is 8.78 Å². The van der Waals surface area contributed by atoms with E-state index in [0.29, 0.717) is 22.4 Å². The quantitative estimate of drug-likeness (QED) is 0.421. The van der Waals surface area contributed by atoms with Gasteiger partial charge in [0.1, 0.15) is 17.4 Å². The van der Waals surface area contributed by atoms with Crippen molar-refractivity contribution >= 4 is 11.8 Å². The highest BCUT2D eigenvalue weighted by atomic mass is 32.2. The topological polar surface area (TPSA) is 35.0 Å². The smallest absolute Gasteiger partial charge is 0.223 e. The van der Waals surface area contributed by atoms with Crippen molar-refractivity contribution in [3.05, 3.63) is 76.5 Å². The lowest BCUT2D eigenvalue weighted by Crippen LogP contribution is -1.97. The van der Waals surface area contributed by atoms with Crippen molar-refractivity contribution < 1.29 is 13.5 Å². The number of nitrogens with zero attached hydrogens (tertiary/aromatic N) is 2. The van der Waals surface area contributed by atoms with Crippen molar-refractivity contribution in [3.8, 4) is 11.6 Å². The van der Waals surface area contributed by atoms with Gasteiger partial charge in [-0.15, -0.1) is 0 Å². The van der Waals surface area contributed by atoms with E-state index in [1.54, 1.807) is 6.07 Å². The molecular formula is C20H18F2N2OS. The summed E-state index contributed by atoms with van der Waals surface area (Å²) in [5, 5.41) is 0.481. The van der Waals surface area contributed by atoms with Crippen molar-refractivity contribution in [2.45, 2.75) is 31.7 Å². The Morgan fingerprint density at radius 3 is 2.58 bits per heavy atom. The number of hydrogen-bond acceptors (Lipinski definition) is 4. The Morgan fingerprint density at radius 1 is 1.00 bits per heavy atom. The summed E-state index contributed by atoms with van der Waals surface area (Å²) in [6.07, 6.45) is 0. The molecule has 3 rings (SSSR count). The maximum absolute atomic E-state index is 13.8. The molecule has 3 nitrogen and oxygen atoms in total. The number of aromatic nitrogens is 2. The highest BCUT2D eigenvalue weighted by Gasteiger charge is 2.10. The van der Waals surface area contributed by atoms with E-state index in [2.05, 4.69) is 9.97 Å². The molecule has 0 aliphatic heterocycles. The molecule has 134 valence electrons. The molecule has 1 heterocycles. The van der Waals surface area contributed by atoms with Gasteiger partial charge in [-0.1, -0.05) is 30.0 Å². The standard InChI is InChI=1S/C20H18F2N2OS/c1-12-5-4-6-18(14(12)3)25-19-9-13(2)23-20(24-19)26-11-15-7-8-16(21)10-17(15)22/h4-10H,11H2,1-3H3. The number of thioether (sulfide) groups is 1. The van der Waals surface area contributed by atoms with Gasteiger partial charge in [0.15, 0.2) is 5.16 Å². The normalized spacial score (nSPS) is 10.8. The summed E-state index contributed by atoms with van der Waals surface area (Å²) in [5.74, 6) is 0.319. The molecule has 6 heteroatoms. The van der Waals surface area contributed by atoms with Gasteiger partial charge in [-0.3, -0.25) is 0 Å². The average Bonchev–Trinajstić information content (AvgIpc) is 2.58. The van der Waals surface area contributed by atoms with Crippen LogP contribution in [-0.4, -0.2) is 9.97 Å². The minimum absolute atomic E-state index is 0.304. The molecule has 0 bridgehead atoms. The molecule has 26 heavy (non-hydrogen) atoms. The molecule has 0 saturated carbocycles. The Hall–Kier alpha value is -2.47. The fourth-order valence-corrected chi connectivity index (χ4v) is 3.24. The highest BCUT2D eigenvalue weighted by molar-refractivity contribution is 7.98. The number of hydrogen-bond donors (Lipinski definition) is 0. The molecule has 0 N–H and O–H groups in total. The average molecular weight is 372 g/mol. The zero-order valence-electron chi connectivity index (χ0n) is 14.7. The molecule has 0 radical (unpaired) electrons. The number of halogens is 2. The first-order chi connectivity index (χ1) is 12.4. The summed E-state index contributed by atoms with van der Waals surface area (Å²) in [4.78, 5) is 8.75. The van der Waals surface area contributed by atoms with Gasteiger partial charge < -0.3 is 4.74 Å². The van der Waals surface area contributed by atoms with Crippen molar-refractivity contribution in [3.63, 3.8) is 0 Å². The Bertz CT molecular complexity index is 947. The van der Waals surface area contributed by atoms with Crippen molar-refractivity contribution in [1.29, 1.82) is 0 Å². The minimum Gasteiger partial charge on any atom is -0.439 e. The van der Waals surface area contributed by atoms with Crippen LogP contribution in [0.1, 0.15) is 22.4 Å². The van der Waals surface area contributed by atoms with Gasteiger partial charge in [-0.25, -0.2) is 13.8 Å². The second-order valence-electron chi connectivity index (χ2n) is 5.95. The number of aryl methyl sites for hydroxylation is 2. The summed E-state index contributed by atoms with van der Waals surface area (Å²) >= 11 is 1.28. The molecule has 0 atom stereocenters. The zero-order valence-corrected chi connectivity index (χ0v) is 15.5. The summed E-state index contributed by atoms with van der Waals surface area (Å²) in [7, 11) is 0. The maximum atomic E-state index is 13.8. The van der Waals surface area contributed by atoms with E-state index in [9.17, 15) is 8.78 Å². The van der Waals surface area contributed by atoms with Crippen LogP contribution < -0.4 is 4.74 Å². The molecule has 0 unspecified atom stereocenters. The molecule has 1 aromatic heterocycles. The van der Waals surface area contributed by atoms with Gasteiger partial charge >= 0.3 is 0 Å². The Labute approximate surface area is 155 Å². The van der Waals surface area contributed by atoms with E-state index in [0.717, 1.165) is 28.6 Å². The first-order valence-electron chi connectivity index (χ1n) is 8.09. The lowest BCUT2D eigenvalue weighted by atomic mass is 10.1. The summed E-state index contributed by atoms with van der Waals surface area (Å²) in [6, 6.07) is 11.1. The molecule has 0 fully saturated rings. The Morgan fingerprint density at radius 2 is 1.81 bits per heavy atom. The van der Waals surface area contributed by atoms with E-state index in [-0.39, 0.29) is 0 Å². The van der Waals surface area contributed by atoms with Crippen LogP contribution in [0.25, 0.3) is 0 Å². The Balaban J connectivity index is 1.78. The number of ether oxygens (including phenoxy) is 1. The fraction of sp³-hybridized carbons (Fsp3) is 0.200. The molecule has 0 aliphatic rings. The van der Waals surface area contributed by atoms with E-state index in [1.165, 1.54) is 23.9 Å². The van der Waals surface area contributed by atoms with Gasteiger partial charge in [0.05, 0.1) is 0 Å². The predicted molar refractivity (Wildman–Crippen MR) is 98.7 cm³/mol. The first-order valence-corrected chi connectivity index (χ1v) is 9.07. The number of rotatable bonds is 5. The molecule has 0 spiro atoms. The van der Waals surface area contributed by atoms with E-state index in [4.69, 9.17) is 4.74 Å². The van der Waals surface area contributed by atoms with Crippen LogP contribution >= 0.6 is 11.8 Å². The van der Waals surface area contributed by atoms with Gasteiger partial charge in [0.25, 0.3) is 0 Å². The van der Waals surface area contributed by atoms with E-state index < -0.39 is 11.6 Å². The van der Waals surface area contributed by atoms with E-state index >= 15 is 0 Å². The third kappa shape index (κ3) is 4.38. The van der Waals surface area contributed by atoms with Gasteiger partial charge in [0, 0.05) is 23.6 Å². The van der Waals surface area contributed by atoms with Crippen molar-refractivity contribution in [2.24, 2.45) is 0 Å². The predicted octanol–water partition coefficient (Wildman–Crippen LogP) is 5.76. The second-order valence-corrected chi connectivity index (χ2v) is 6.90. The van der Waals surface area contributed by atoms with Crippen LogP contribution in [0.15, 0.2) is 47.6 Å². The molecule has 0 amide bonds. The SMILES string of the molecule is Cc1cc(Oc2cccc(C)c2C)nc(SCc2ccc(F)cc2F)n1. The number of benzene rings is 2. The van der Waals surface area contributed by atoms with Crippen LogP contribution in [0, 0.1) is 32.4 Å². The highest BCUT2D eigenvalue weighted by Crippen LogP contribution is 2.28. The fourth-order valence-electron chi connectivity index (χ4n) is 2.36. The maximum Gasteiger partial charge on any atom is 0.223 e. The second kappa shape index (κ2) is 7.83. The van der Waals surface area contributed by atoms with Crippen molar-refractivity contribution in [1.82, 2.24) is 9.97 Å². The van der Waals surface area contributed by atoms with Crippen LogP contribution in [0.3, 0.4) is 0 Å². The van der Waals surface area contributed by atoms with Gasteiger partial charge in [-0.2, -0.15) is 4.98 Å². The van der Waals surface area contributed by atoms with Gasteiger partial charge in [-0.05, 0) is 49.6 Å². The summed E-state index contributed by atoms with van der Waals surface area (Å²) in [5.41, 5.74) is 3.34. The zero-order chi connectivity index (χ0) is 18.7. The lowest BCUT2D eigenvalue weighted by molar-refractivity contribution is 0.451. The largest absolute Gasteiger partial charge is 0.439 e. The molecule has 3 aromatic rings. The summed E-state index contributed by atoms with van der Waals surface area (Å²) in [6.45, 7) is 5.86. The van der Waals surface area contributed by atoms with Crippen molar-refractivity contribution in [2.75, 3.05) is 0 Å². The van der Waals surface area contributed by atoms with Gasteiger partial charge in [0.2, 0.25) is 5.88 Å². The lowest BCUT2D eigenvalue weighted by Gasteiger charge is -2.11. The third-order valence-electron chi connectivity index (χ3n) is 3.95. The third-order valence-corrected chi connectivity index (χ3v) is 4.85.